The van der Waals surface area contributed by atoms with Crippen molar-refractivity contribution in [2.24, 2.45) is 0 Å². The Morgan fingerprint density at radius 2 is 1.58 bits per heavy atom. The van der Waals surface area contributed by atoms with Crippen molar-refractivity contribution < 1.29 is 38.4 Å². The first-order valence-electron chi connectivity index (χ1n) is 16.3. The Labute approximate surface area is 300 Å². The Kier molecular flexibility index (Phi) is 11.5. The Balaban J connectivity index is 1.18. The molecular weight excluding hydrogens is 677 g/mol. The number of hydrogen-bond donors (Lipinski definition) is 1. The minimum absolute atomic E-state index is 0.105. The molecule has 1 amide bonds. The highest BCUT2D eigenvalue weighted by Gasteiger charge is 2.32. The van der Waals surface area contributed by atoms with Gasteiger partial charge in [0, 0.05) is 31.7 Å². The molecular formula is C38H38N2O8S2. The third-order valence-corrected chi connectivity index (χ3v) is 9.89. The number of carboxylic acids is 1. The summed E-state index contributed by atoms with van der Waals surface area (Å²) < 4.78 is 28.8. The van der Waals surface area contributed by atoms with Gasteiger partial charge < -0.3 is 28.8 Å². The average molecular weight is 715 g/mol. The molecule has 10 nitrogen and oxygen atoms in total. The standard InChI is InChI=1S/C38H38N2O8S2/c1-44-31-9-6-26-20-25(4-5-28(26)22-31)27-7-10-32(48-19-15-39-13-17-46-18-14-39)30(21-27)24-35-36(41)40(38(49)50-35)12-3-16-47-33-11-8-29(37(42)43)23-34(33)45-2/h4-11,20-24H,3,12-19H2,1-2H3,(H,42,43). The number of carbonyl (C=O) groups is 2. The summed E-state index contributed by atoms with van der Waals surface area (Å²) in [5.41, 5.74) is 2.93. The molecule has 2 heterocycles. The van der Waals surface area contributed by atoms with Gasteiger partial charge in [-0.3, -0.25) is 14.6 Å². The number of thiocarbonyl (C=S) groups is 1. The number of thioether (sulfide) groups is 1. The topological polar surface area (TPSA) is 107 Å². The Bertz CT molecular complexity index is 1920. The molecule has 2 saturated heterocycles. The molecule has 2 fully saturated rings. The maximum atomic E-state index is 13.6. The van der Waals surface area contributed by atoms with Crippen molar-refractivity contribution in [1.82, 2.24) is 9.80 Å². The largest absolute Gasteiger partial charge is 0.497 e. The molecule has 12 heteroatoms. The van der Waals surface area contributed by atoms with Crippen LogP contribution in [0.5, 0.6) is 23.0 Å². The van der Waals surface area contributed by atoms with Crippen LogP contribution >= 0.6 is 24.0 Å². The van der Waals surface area contributed by atoms with Gasteiger partial charge in [0.25, 0.3) is 5.91 Å². The average Bonchev–Trinajstić information content (AvgIpc) is 3.40. The maximum absolute atomic E-state index is 13.6. The summed E-state index contributed by atoms with van der Waals surface area (Å²) in [5, 5.41) is 11.4. The van der Waals surface area contributed by atoms with E-state index in [0.29, 0.717) is 46.0 Å². The zero-order valence-corrected chi connectivity index (χ0v) is 29.5. The lowest BCUT2D eigenvalue weighted by Gasteiger charge is -2.26. The summed E-state index contributed by atoms with van der Waals surface area (Å²) >= 11 is 6.89. The molecule has 2 aliphatic rings. The molecule has 50 heavy (non-hydrogen) atoms. The van der Waals surface area contributed by atoms with Crippen LogP contribution in [0.4, 0.5) is 0 Å². The quantitative estimate of drug-likeness (QED) is 0.0868. The fourth-order valence-electron chi connectivity index (χ4n) is 5.77. The van der Waals surface area contributed by atoms with Crippen LogP contribution in [0, 0.1) is 0 Å². The number of hydrogen-bond acceptors (Lipinski definition) is 10. The summed E-state index contributed by atoms with van der Waals surface area (Å²) in [5.74, 6) is 1.03. The number of methoxy groups -OCH3 is 2. The van der Waals surface area contributed by atoms with Crippen molar-refractivity contribution in [2.75, 3.05) is 66.8 Å². The van der Waals surface area contributed by atoms with Crippen LogP contribution in [0.3, 0.4) is 0 Å². The molecule has 0 bridgehead atoms. The van der Waals surface area contributed by atoms with Gasteiger partial charge >= 0.3 is 5.97 Å². The van der Waals surface area contributed by atoms with Gasteiger partial charge in [0.15, 0.2) is 11.5 Å². The zero-order chi connectivity index (χ0) is 35.0. The molecule has 260 valence electrons. The molecule has 1 N–H and O–H groups in total. The van der Waals surface area contributed by atoms with Crippen molar-refractivity contribution in [2.45, 2.75) is 6.42 Å². The van der Waals surface area contributed by atoms with Gasteiger partial charge in [-0.05, 0) is 82.9 Å². The first-order valence-corrected chi connectivity index (χ1v) is 17.5. The van der Waals surface area contributed by atoms with Crippen LogP contribution in [-0.4, -0.2) is 97.9 Å². The second-order valence-corrected chi connectivity index (χ2v) is 13.4. The van der Waals surface area contributed by atoms with Gasteiger partial charge in [0.05, 0.1) is 44.5 Å². The van der Waals surface area contributed by atoms with E-state index in [0.717, 1.165) is 66.1 Å². The third kappa shape index (κ3) is 8.39. The summed E-state index contributed by atoms with van der Waals surface area (Å²) in [6.07, 6.45) is 2.37. The number of carbonyl (C=O) groups excluding carboxylic acids is 1. The molecule has 6 rings (SSSR count). The molecule has 4 aromatic rings. The third-order valence-electron chi connectivity index (χ3n) is 8.51. The lowest BCUT2D eigenvalue weighted by Crippen LogP contribution is -2.38. The number of rotatable bonds is 14. The predicted octanol–water partition coefficient (Wildman–Crippen LogP) is 6.60. The van der Waals surface area contributed by atoms with Gasteiger partial charge in [-0.2, -0.15) is 0 Å². The van der Waals surface area contributed by atoms with Gasteiger partial charge in [0.2, 0.25) is 0 Å². The molecule has 0 aromatic heterocycles. The highest BCUT2D eigenvalue weighted by atomic mass is 32.2. The van der Waals surface area contributed by atoms with Gasteiger partial charge in [-0.15, -0.1) is 0 Å². The summed E-state index contributed by atoms with van der Waals surface area (Å²) in [4.78, 5) is 29.3. The van der Waals surface area contributed by atoms with E-state index in [2.05, 4.69) is 29.2 Å². The predicted molar refractivity (Wildman–Crippen MR) is 199 cm³/mol. The monoisotopic (exact) mass is 714 g/mol. The first-order chi connectivity index (χ1) is 24.3. The number of benzene rings is 4. The molecule has 0 atom stereocenters. The van der Waals surface area contributed by atoms with Crippen molar-refractivity contribution in [3.8, 4) is 34.1 Å². The van der Waals surface area contributed by atoms with Crippen LogP contribution in [0.15, 0.2) is 77.7 Å². The van der Waals surface area contributed by atoms with Crippen molar-refractivity contribution in [1.29, 1.82) is 0 Å². The van der Waals surface area contributed by atoms with E-state index in [1.165, 1.54) is 31.0 Å². The molecule has 4 aromatic carbocycles. The van der Waals surface area contributed by atoms with Crippen LogP contribution in [0.2, 0.25) is 0 Å². The number of amides is 1. The number of aromatic carboxylic acids is 1. The van der Waals surface area contributed by atoms with Gasteiger partial charge in [-0.25, -0.2) is 4.79 Å². The lowest BCUT2D eigenvalue weighted by atomic mass is 9.99. The Morgan fingerprint density at radius 1 is 0.860 bits per heavy atom. The van der Waals surface area contributed by atoms with E-state index >= 15 is 0 Å². The van der Waals surface area contributed by atoms with Crippen LogP contribution < -0.4 is 18.9 Å². The number of morpholine rings is 1. The highest BCUT2D eigenvalue weighted by molar-refractivity contribution is 8.26. The minimum Gasteiger partial charge on any atom is -0.497 e. The smallest absolute Gasteiger partial charge is 0.335 e. The molecule has 0 radical (unpaired) electrons. The normalized spacial score (nSPS) is 15.9. The molecule has 0 aliphatic carbocycles. The molecule has 2 aliphatic heterocycles. The van der Waals surface area contributed by atoms with E-state index < -0.39 is 5.97 Å². The van der Waals surface area contributed by atoms with E-state index in [-0.39, 0.29) is 18.1 Å². The fourth-order valence-corrected chi connectivity index (χ4v) is 7.07. The van der Waals surface area contributed by atoms with E-state index in [1.54, 1.807) is 18.1 Å². The van der Waals surface area contributed by atoms with Crippen LogP contribution in [0.25, 0.3) is 28.0 Å². The number of carboxylic acid groups (broad SMARTS) is 1. The highest BCUT2D eigenvalue weighted by Crippen LogP contribution is 2.37. The fraction of sp³-hybridized carbons (Fsp3) is 0.289. The number of nitrogens with zero attached hydrogens (tertiary/aromatic N) is 2. The zero-order valence-electron chi connectivity index (χ0n) is 27.9. The Hall–Kier alpha value is -4.62. The lowest BCUT2D eigenvalue weighted by molar-refractivity contribution is -0.122. The van der Waals surface area contributed by atoms with Gasteiger partial charge in [0.1, 0.15) is 22.4 Å². The van der Waals surface area contributed by atoms with E-state index in [9.17, 15) is 14.7 Å². The number of fused-ring (bicyclic) bond motifs is 1. The van der Waals surface area contributed by atoms with Crippen molar-refractivity contribution in [3.63, 3.8) is 0 Å². The maximum Gasteiger partial charge on any atom is 0.335 e. The summed E-state index contributed by atoms with van der Waals surface area (Å²) in [6.45, 7) is 5.12. The van der Waals surface area contributed by atoms with Gasteiger partial charge in [-0.1, -0.05) is 48.2 Å². The second-order valence-electron chi connectivity index (χ2n) is 11.7. The van der Waals surface area contributed by atoms with E-state index in [4.69, 9.17) is 35.9 Å². The number of ether oxygens (including phenoxy) is 5. The summed E-state index contributed by atoms with van der Waals surface area (Å²) in [6, 6.07) is 22.8. The van der Waals surface area contributed by atoms with E-state index in [1.807, 2.05) is 36.4 Å². The first kappa shape index (κ1) is 35.2. The molecule has 0 unspecified atom stereocenters. The molecule has 0 spiro atoms. The minimum atomic E-state index is -1.05. The van der Waals surface area contributed by atoms with Crippen molar-refractivity contribution in [3.05, 3.63) is 88.8 Å². The molecule has 0 saturated carbocycles. The van der Waals surface area contributed by atoms with Crippen LogP contribution in [0.1, 0.15) is 22.3 Å². The van der Waals surface area contributed by atoms with Crippen LogP contribution in [-0.2, 0) is 9.53 Å². The van der Waals surface area contributed by atoms with Crippen molar-refractivity contribution >= 4 is 57.0 Å². The Morgan fingerprint density at radius 3 is 2.36 bits per heavy atom. The SMILES string of the molecule is COc1ccc2cc(-c3ccc(OCCN4CCOCC4)c(C=C4SC(=S)N(CCCOc5ccc(C(=O)O)cc5OC)C4=O)c3)ccc2c1. The second kappa shape index (κ2) is 16.4. The summed E-state index contributed by atoms with van der Waals surface area (Å²) in [7, 11) is 3.12.